The van der Waals surface area contributed by atoms with E-state index in [-0.39, 0.29) is 18.3 Å². The zero-order valence-corrected chi connectivity index (χ0v) is 14.3. The van der Waals surface area contributed by atoms with Gasteiger partial charge in [0, 0.05) is 19.0 Å². The van der Waals surface area contributed by atoms with Crippen molar-refractivity contribution in [2.75, 3.05) is 19.7 Å². The first-order valence-electron chi connectivity index (χ1n) is 7.85. The molecule has 0 bridgehead atoms. The van der Waals surface area contributed by atoms with E-state index in [1.807, 2.05) is 12.1 Å². The summed E-state index contributed by atoms with van der Waals surface area (Å²) >= 11 is 0. The average molecular weight is 327 g/mol. The fourth-order valence-electron chi connectivity index (χ4n) is 2.48. The van der Waals surface area contributed by atoms with Gasteiger partial charge >= 0.3 is 0 Å². The predicted molar refractivity (Wildman–Crippen MR) is 91.9 cm³/mol. The molecule has 2 N–H and O–H groups in total. The van der Waals surface area contributed by atoms with Gasteiger partial charge in [0.25, 0.3) is 0 Å². The Balaban J connectivity index is 0.00000242. The SMILES string of the molecule is Cc1ccc(OCCCC(=O)NCC2CCCN2)cc1C.Cl. The molecule has 124 valence electrons. The van der Waals surface area contributed by atoms with Crippen molar-refractivity contribution in [3.05, 3.63) is 29.3 Å². The molecule has 0 spiro atoms. The molecule has 1 saturated heterocycles. The second-order valence-electron chi connectivity index (χ2n) is 5.80. The highest BCUT2D eigenvalue weighted by atomic mass is 35.5. The van der Waals surface area contributed by atoms with Gasteiger partial charge in [0.2, 0.25) is 5.91 Å². The molecular weight excluding hydrogens is 300 g/mol. The number of halogens is 1. The highest BCUT2D eigenvalue weighted by Crippen LogP contribution is 2.16. The van der Waals surface area contributed by atoms with Gasteiger partial charge in [0.05, 0.1) is 6.61 Å². The van der Waals surface area contributed by atoms with Gasteiger partial charge in [-0.05, 0) is 62.9 Å². The lowest BCUT2D eigenvalue weighted by atomic mass is 10.1. The van der Waals surface area contributed by atoms with Crippen LogP contribution in [0.25, 0.3) is 0 Å². The van der Waals surface area contributed by atoms with Gasteiger partial charge in [-0.25, -0.2) is 0 Å². The zero-order chi connectivity index (χ0) is 15.1. The van der Waals surface area contributed by atoms with Crippen LogP contribution in [0.5, 0.6) is 5.75 Å². The molecule has 1 amide bonds. The van der Waals surface area contributed by atoms with Crippen molar-refractivity contribution in [2.45, 2.75) is 45.6 Å². The summed E-state index contributed by atoms with van der Waals surface area (Å²) in [7, 11) is 0. The maximum Gasteiger partial charge on any atom is 0.220 e. The van der Waals surface area contributed by atoms with E-state index in [2.05, 4.69) is 30.5 Å². The van der Waals surface area contributed by atoms with Crippen LogP contribution in [-0.2, 0) is 4.79 Å². The molecule has 1 aromatic rings. The third-order valence-electron chi connectivity index (χ3n) is 4.00. The summed E-state index contributed by atoms with van der Waals surface area (Å²) in [6.07, 6.45) is 3.65. The molecule has 1 aromatic carbocycles. The summed E-state index contributed by atoms with van der Waals surface area (Å²) in [5.74, 6) is 1.00. The van der Waals surface area contributed by atoms with Gasteiger partial charge in [-0.3, -0.25) is 4.79 Å². The lowest BCUT2D eigenvalue weighted by Gasteiger charge is -2.12. The number of carbonyl (C=O) groups excluding carboxylic acids is 1. The minimum Gasteiger partial charge on any atom is -0.494 e. The summed E-state index contributed by atoms with van der Waals surface area (Å²) in [5, 5.41) is 6.35. The van der Waals surface area contributed by atoms with Crippen molar-refractivity contribution in [3.63, 3.8) is 0 Å². The van der Waals surface area contributed by atoms with Crippen molar-refractivity contribution in [1.82, 2.24) is 10.6 Å². The molecule has 1 unspecified atom stereocenters. The zero-order valence-electron chi connectivity index (χ0n) is 13.5. The van der Waals surface area contributed by atoms with Crippen LogP contribution in [0.4, 0.5) is 0 Å². The largest absolute Gasteiger partial charge is 0.494 e. The van der Waals surface area contributed by atoms with E-state index in [1.54, 1.807) is 0 Å². The van der Waals surface area contributed by atoms with Crippen molar-refractivity contribution in [3.8, 4) is 5.75 Å². The molecule has 1 atom stereocenters. The van der Waals surface area contributed by atoms with E-state index in [0.29, 0.717) is 19.1 Å². The molecule has 0 saturated carbocycles. The highest BCUT2D eigenvalue weighted by molar-refractivity contribution is 5.85. The molecule has 1 aliphatic heterocycles. The summed E-state index contributed by atoms with van der Waals surface area (Å²) in [6.45, 7) is 6.56. The summed E-state index contributed by atoms with van der Waals surface area (Å²) in [5.41, 5.74) is 2.50. The topological polar surface area (TPSA) is 50.4 Å². The number of rotatable bonds is 7. The van der Waals surface area contributed by atoms with Crippen LogP contribution in [0.1, 0.15) is 36.8 Å². The molecule has 2 rings (SSSR count). The minimum absolute atomic E-state index is 0. The van der Waals surface area contributed by atoms with E-state index in [4.69, 9.17) is 4.74 Å². The number of amides is 1. The molecule has 1 aliphatic rings. The third-order valence-corrected chi connectivity index (χ3v) is 4.00. The first-order valence-corrected chi connectivity index (χ1v) is 7.85. The Morgan fingerprint density at radius 1 is 1.36 bits per heavy atom. The van der Waals surface area contributed by atoms with Gasteiger partial charge in [0.15, 0.2) is 0 Å². The van der Waals surface area contributed by atoms with Gasteiger partial charge in [-0.2, -0.15) is 0 Å². The normalized spacial score (nSPS) is 16.9. The number of carbonyl (C=O) groups is 1. The number of hydrogen-bond acceptors (Lipinski definition) is 3. The smallest absolute Gasteiger partial charge is 0.220 e. The summed E-state index contributed by atoms with van der Waals surface area (Å²) < 4.78 is 5.68. The van der Waals surface area contributed by atoms with Gasteiger partial charge in [-0.1, -0.05) is 6.07 Å². The van der Waals surface area contributed by atoms with Crippen molar-refractivity contribution in [2.24, 2.45) is 0 Å². The first kappa shape index (κ1) is 18.8. The highest BCUT2D eigenvalue weighted by Gasteiger charge is 2.14. The predicted octanol–water partition coefficient (Wildman–Crippen LogP) is 2.75. The van der Waals surface area contributed by atoms with Gasteiger partial charge in [-0.15, -0.1) is 12.4 Å². The Morgan fingerprint density at radius 3 is 2.86 bits per heavy atom. The summed E-state index contributed by atoms with van der Waals surface area (Å²) in [4.78, 5) is 11.7. The van der Waals surface area contributed by atoms with Crippen LogP contribution in [0.3, 0.4) is 0 Å². The molecule has 1 fully saturated rings. The minimum atomic E-state index is 0. The number of nitrogens with one attached hydrogen (secondary N) is 2. The van der Waals surface area contributed by atoms with E-state index in [9.17, 15) is 4.79 Å². The second-order valence-corrected chi connectivity index (χ2v) is 5.80. The number of hydrogen-bond donors (Lipinski definition) is 2. The lowest BCUT2D eigenvalue weighted by Crippen LogP contribution is -2.37. The Labute approximate surface area is 139 Å². The second kappa shape index (κ2) is 9.70. The number of aryl methyl sites for hydroxylation is 2. The van der Waals surface area contributed by atoms with Crippen molar-refractivity contribution < 1.29 is 9.53 Å². The molecule has 22 heavy (non-hydrogen) atoms. The van der Waals surface area contributed by atoms with E-state index in [0.717, 1.165) is 31.7 Å². The number of ether oxygens (including phenoxy) is 1. The quantitative estimate of drug-likeness (QED) is 0.758. The fraction of sp³-hybridized carbons (Fsp3) is 0.588. The van der Waals surface area contributed by atoms with Gasteiger partial charge < -0.3 is 15.4 Å². The number of benzene rings is 1. The van der Waals surface area contributed by atoms with E-state index in [1.165, 1.54) is 17.5 Å². The van der Waals surface area contributed by atoms with E-state index >= 15 is 0 Å². The molecule has 5 heteroatoms. The molecule has 0 radical (unpaired) electrons. The summed E-state index contributed by atoms with van der Waals surface area (Å²) in [6, 6.07) is 6.54. The molecule has 0 aliphatic carbocycles. The average Bonchev–Trinajstić information content (AvgIpc) is 2.98. The fourth-order valence-corrected chi connectivity index (χ4v) is 2.48. The van der Waals surface area contributed by atoms with Crippen LogP contribution in [0.2, 0.25) is 0 Å². The van der Waals surface area contributed by atoms with Crippen LogP contribution >= 0.6 is 12.4 Å². The maximum absolute atomic E-state index is 11.7. The molecule has 4 nitrogen and oxygen atoms in total. The van der Waals surface area contributed by atoms with Crippen LogP contribution < -0.4 is 15.4 Å². The van der Waals surface area contributed by atoms with Crippen molar-refractivity contribution >= 4 is 18.3 Å². The first-order chi connectivity index (χ1) is 10.1. The molecule has 1 heterocycles. The Morgan fingerprint density at radius 2 is 2.18 bits per heavy atom. The molecular formula is C17H27ClN2O2. The molecule has 0 aromatic heterocycles. The Kier molecular flexibility index (Phi) is 8.28. The Hall–Kier alpha value is -1.26. The van der Waals surface area contributed by atoms with Gasteiger partial charge in [0.1, 0.15) is 5.75 Å². The Bertz CT molecular complexity index is 474. The van der Waals surface area contributed by atoms with Crippen LogP contribution in [0, 0.1) is 13.8 Å². The monoisotopic (exact) mass is 326 g/mol. The standard InChI is InChI=1S/C17H26N2O2.ClH/c1-13-7-8-16(11-14(13)2)21-10-4-6-17(20)19-12-15-5-3-9-18-15;/h7-8,11,15,18H,3-6,9-10,12H2,1-2H3,(H,19,20);1H. The van der Waals surface area contributed by atoms with E-state index < -0.39 is 0 Å². The lowest BCUT2D eigenvalue weighted by molar-refractivity contribution is -0.121. The van der Waals surface area contributed by atoms with Crippen LogP contribution in [-0.4, -0.2) is 31.6 Å². The third kappa shape index (κ3) is 6.24. The van der Waals surface area contributed by atoms with Crippen molar-refractivity contribution in [1.29, 1.82) is 0 Å². The maximum atomic E-state index is 11.7. The van der Waals surface area contributed by atoms with Crippen LogP contribution in [0.15, 0.2) is 18.2 Å².